The maximum Gasteiger partial charge on any atom is 0.274 e. The first-order valence-electron chi connectivity index (χ1n) is 7.81. The highest BCUT2D eigenvalue weighted by Gasteiger charge is 2.22. The van der Waals surface area contributed by atoms with Gasteiger partial charge in [-0.25, -0.2) is 9.97 Å². The van der Waals surface area contributed by atoms with Crippen LogP contribution in [0.25, 0.3) is 0 Å². The molecular formula is C15H25N5O2. The van der Waals surface area contributed by atoms with Gasteiger partial charge in [-0.3, -0.25) is 4.79 Å². The maximum absolute atomic E-state index is 12.4. The Morgan fingerprint density at radius 2 is 2.05 bits per heavy atom. The summed E-state index contributed by atoms with van der Waals surface area (Å²) in [6.45, 7) is 8.02. The minimum atomic E-state index is -0.0332. The molecule has 1 aliphatic rings. The van der Waals surface area contributed by atoms with E-state index in [1.807, 2.05) is 4.90 Å². The highest BCUT2D eigenvalue weighted by molar-refractivity contribution is 5.92. The fourth-order valence-electron chi connectivity index (χ4n) is 2.39. The van der Waals surface area contributed by atoms with E-state index in [1.54, 1.807) is 19.5 Å². The molecule has 7 nitrogen and oxygen atoms in total. The van der Waals surface area contributed by atoms with E-state index in [-0.39, 0.29) is 5.91 Å². The average molecular weight is 307 g/mol. The number of anilines is 1. The number of carbonyl (C=O) groups excluding carboxylic acids is 1. The number of hydrogen-bond acceptors (Lipinski definition) is 6. The largest absolute Gasteiger partial charge is 0.385 e. The zero-order valence-corrected chi connectivity index (χ0v) is 13.4. The van der Waals surface area contributed by atoms with Gasteiger partial charge in [-0.1, -0.05) is 6.92 Å². The van der Waals surface area contributed by atoms with Crippen molar-refractivity contribution in [3.05, 3.63) is 18.1 Å². The van der Waals surface area contributed by atoms with E-state index in [0.717, 1.165) is 45.7 Å². The molecule has 1 aromatic heterocycles. The highest BCUT2D eigenvalue weighted by atomic mass is 16.5. The van der Waals surface area contributed by atoms with Crippen molar-refractivity contribution >= 4 is 11.7 Å². The van der Waals surface area contributed by atoms with Gasteiger partial charge in [0.15, 0.2) is 0 Å². The zero-order chi connectivity index (χ0) is 15.8. The number of ether oxygens (including phenoxy) is 1. The first-order valence-corrected chi connectivity index (χ1v) is 7.81. The number of nitrogens with zero attached hydrogens (tertiary/aromatic N) is 4. The van der Waals surface area contributed by atoms with Gasteiger partial charge < -0.3 is 19.9 Å². The first-order chi connectivity index (χ1) is 10.7. The molecule has 2 heterocycles. The van der Waals surface area contributed by atoms with Gasteiger partial charge in [-0.2, -0.15) is 0 Å². The summed E-state index contributed by atoms with van der Waals surface area (Å²) in [5, 5.41) is 3.15. The third-order valence-electron chi connectivity index (χ3n) is 3.81. The van der Waals surface area contributed by atoms with E-state index < -0.39 is 0 Å². The van der Waals surface area contributed by atoms with E-state index in [9.17, 15) is 4.79 Å². The molecule has 1 aromatic rings. The second kappa shape index (κ2) is 8.65. The molecule has 1 fully saturated rings. The van der Waals surface area contributed by atoms with Crippen molar-refractivity contribution in [2.24, 2.45) is 0 Å². The maximum atomic E-state index is 12.4. The SMILES string of the molecule is CCN1CCN(C(=O)c2cnc(NCCCOC)cn2)CC1. The van der Waals surface area contributed by atoms with Crippen LogP contribution in [-0.4, -0.2) is 78.7 Å². The summed E-state index contributed by atoms with van der Waals surface area (Å²) in [7, 11) is 1.68. The van der Waals surface area contributed by atoms with Crippen LogP contribution in [0.15, 0.2) is 12.4 Å². The summed E-state index contributed by atoms with van der Waals surface area (Å²) in [6.07, 6.45) is 4.07. The van der Waals surface area contributed by atoms with Gasteiger partial charge >= 0.3 is 0 Å². The standard InChI is InChI=1S/C15H25N5O2/c1-3-19-6-8-20(9-7-19)15(21)13-11-18-14(12-17-13)16-5-4-10-22-2/h11-12H,3-10H2,1-2H3,(H,16,18). The Balaban J connectivity index is 1.83. The molecule has 0 unspecified atom stereocenters. The Labute approximate surface area is 131 Å². The normalized spacial score (nSPS) is 15.8. The van der Waals surface area contributed by atoms with Gasteiger partial charge in [0.2, 0.25) is 0 Å². The zero-order valence-electron chi connectivity index (χ0n) is 13.4. The minimum Gasteiger partial charge on any atom is -0.385 e. The Bertz CT molecular complexity index is 458. The van der Waals surface area contributed by atoms with Crippen LogP contribution in [0.5, 0.6) is 0 Å². The summed E-state index contributed by atoms with van der Waals surface area (Å²) in [6, 6.07) is 0. The van der Waals surface area contributed by atoms with Crippen LogP contribution >= 0.6 is 0 Å². The molecule has 1 N–H and O–H groups in total. The average Bonchev–Trinajstić information content (AvgIpc) is 2.59. The Morgan fingerprint density at radius 3 is 2.64 bits per heavy atom. The summed E-state index contributed by atoms with van der Waals surface area (Å²) >= 11 is 0. The van der Waals surface area contributed by atoms with Gasteiger partial charge in [-0.15, -0.1) is 0 Å². The number of piperazine rings is 1. The molecule has 1 aliphatic heterocycles. The number of hydrogen-bond donors (Lipinski definition) is 1. The Kier molecular flexibility index (Phi) is 6.54. The topological polar surface area (TPSA) is 70.6 Å². The van der Waals surface area contributed by atoms with E-state index in [2.05, 4.69) is 27.1 Å². The highest BCUT2D eigenvalue weighted by Crippen LogP contribution is 2.08. The van der Waals surface area contributed by atoms with Gasteiger partial charge in [0.05, 0.1) is 12.4 Å². The van der Waals surface area contributed by atoms with Crippen molar-refractivity contribution in [3.63, 3.8) is 0 Å². The quantitative estimate of drug-likeness (QED) is 0.748. The van der Waals surface area contributed by atoms with Crippen molar-refractivity contribution in [1.82, 2.24) is 19.8 Å². The Morgan fingerprint density at radius 1 is 1.27 bits per heavy atom. The molecule has 2 rings (SSSR count). The summed E-state index contributed by atoms with van der Waals surface area (Å²) in [4.78, 5) is 25.0. The number of methoxy groups -OCH3 is 1. The van der Waals surface area contributed by atoms with Gasteiger partial charge in [-0.05, 0) is 13.0 Å². The summed E-state index contributed by atoms with van der Waals surface area (Å²) in [5.74, 6) is 0.651. The van der Waals surface area contributed by atoms with Gasteiger partial charge in [0.1, 0.15) is 11.5 Å². The van der Waals surface area contributed by atoms with E-state index >= 15 is 0 Å². The number of carbonyl (C=O) groups is 1. The fraction of sp³-hybridized carbons (Fsp3) is 0.667. The van der Waals surface area contributed by atoms with Crippen LogP contribution in [-0.2, 0) is 4.74 Å². The number of amides is 1. The van der Waals surface area contributed by atoms with E-state index in [4.69, 9.17) is 4.74 Å². The second-order valence-electron chi connectivity index (χ2n) is 5.29. The van der Waals surface area contributed by atoms with Crippen molar-refractivity contribution < 1.29 is 9.53 Å². The lowest BCUT2D eigenvalue weighted by molar-refractivity contribution is 0.0637. The predicted molar refractivity (Wildman–Crippen MR) is 85.0 cm³/mol. The summed E-state index contributed by atoms with van der Waals surface area (Å²) in [5.41, 5.74) is 0.410. The van der Waals surface area contributed by atoms with Gasteiger partial charge in [0, 0.05) is 46.4 Å². The molecule has 0 aliphatic carbocycles. The van der Waals surface area contributed by atoms with Gasteiger partial charge in [0.25, 0.3) is 5.91 Å². The van der Waals surface area contributed by atoms with Crippen molar-refractivity contribution in [1.29, 1.82) is 0 Å². The molecular weight excluding hydrogens is 282 g/mol. The molecule has 122 valence electrons. The van der Waals surface area contributed by atoms with Crippen LogP contribution in [0.4, 0.5) is 5.82 Å². The summed E-state index contributed by atoms with van der Waals surface area (Å²) < 4.78 is 4.98. The van der Waals surface area contributed by atoms with Crippen LogP contribution in [0.2, 0.25) is 0 Å². The number of nitrogens with one attached hydrogen (secondary N) is 1. The molecule has 0 atom stereocenters. The lowest BCUT2D eigenvalue weighted by Gasteiger charge is -2.33. The fourth-order valence-corrected chi connectivity index (χ4v) is 2.39. The van der Waals surface area contributed by atoms with Crippen LogP contribution in [0, 0.1) is 0 Å². The van der Waals surface area contributed by atoms with Crippen LogP contribution in [0.3, 0.4) is 0 Å². The molecule has 0 bridgehead atoms. The van der Waals surface area contributed by atoms with Crippen LogP contribution in [0.1, 0.15) is 23.8 Å². The molecule has 0 saturated carbocycles. The molecule has 7 heteroatoms. The number of likely N-dealkylation sites (N-methyl/N-ethyl adjacent to an activating group) is 1. The molecule has 0 aromatic carbocycles. The predicted octanol–water partition coefficient (Wildman–Crippen LogP) is 0.703. The third kappa shape index (κ3) is 4.64. The van der Waals surface area contributed by atoms with Crippen molar-refractivity contribution in [3.8, 4) is 0 Å². The number of aromatic nitrogens is 2. The Hall–Kier alpha value is -1.73. The lowest BCUT2D eigenvalue weighted by Crippen LogP contribution is -2.48. The van der Waals surface area contributed by atoms with Crippen molar-refractivity contribution in [2.45, 2.75) is 13.3 Å². The molecule has 0 spiro atoms. The smallest absolute Gasteiger partial charge is 0.274 e. The monoisotopic (exact) mass is 307 g/mol. The van der Waals surface area contributed by atoms with E-state index in [1.165, 1.54) is 0 Å². The lowest BCUT2D eigenvalue weighted by atomic mass is 10.3. The second-order valence-corrected chi connectivity index (χ2v) is 5.29. The third-order valence-corrected chi connectivity index (χ3v) is 3.81. The first kappa shape index (κ1) is 16.6. The molecule has 22 heavy (non-hydrogen) atoms. The number of rotatable bonds is 7. The van der Waals surface area contributed by atoms with Crippen LogP contribution < -0.4 is 5.32 Å². The minimum absolute atomic E-state index is 0.0332. The molecule has 1 saturated heterocycles. The molecule has 1 amide bonds. The molecule has 0 radical (unpaired) electrons. The van der Waals surface area contributed by atoms with E-state index in [0.29, 0.717) is 18.1 Å². The van der Waals surface area contributed by atoms with Crippen molar-refractivity contribution in [2.75, 3.05) is 58.3 Å².